The van der Waals surface area contributed by atoms with Crippen LogP contribution in [0.15, 0.2) is 6.07 Å². The number of hydrogen-bond donors (Lipinski definition) is 1. The number of hydrogen-bond acceptors (Lipinski definition) is 3. The quantitative estimate of drug-likeness (QED) is 0.899. The number of benzene rings is 1. The maximum absolute atomic E-state index is 6.50. The highest BCUT2D eigenvalue weighted by Crippen LogP contribution is 2.54. The summed E-state index contributed by atoms with van der Waals surface area (Å²) in [7, 11) is 1.66. The van der Waals surface area contributed by atoms with Crippen molar-refractivity contribution in [1.29, 1.82) is 0 Å². The van der Waals surface area contributed by atoms with Gasteiger partial charge in [0.2, 0.25) is 0 Å². The van der Waals surface area contributed by atoms with E-state index in [4.69, 9.17) is 26.8 Å². The Morgan fingerprint density at radius 3 is 2.88 bits per heavy atom. The first-order valence-electron chi connectivity index (χ1n) is 5.94. The fourth-order valence-electron chi connectivity index (χ4n) is 2.58. The lowest BCUT2D eigenvalue weighted by atomic mass is 9.93. The van der Waals surface area contributed by atoms with E-state index in [-0.39, 0.29) is 5.41 Å². The first-order chi connectivity index (χ1) is 8.22. The summed E-state index contributed by atoms with van der Waals surface area (Å²) in [5.41, 5.74) is 8.19. The molecule has 92 valence electrons. The number of methoxy groups -OCH3 is 1. The fourth-order valence-corrected chi connectivity index (χ4v) is 3.01. The molecule has 1 aromatic rings. The second kappa shape index (κ2) is 3.79. The van der Waals surface area contributed by atoms with Crippen molar-refractivity contribution in [2.24, 2.45) is 5.73 Å². The minimum atomic E-state index is 0.0853. The standard InChI is InChI=1S/C13H16ClNO2/c1-16-10-6-9(13(7-15)3-4-13)11(14)8-2-5-17-12(8)10/h6H,2-5,7,15H2,1H3. The van der Waals surface area contributed by atoms with Crippen LogP contribution in [0.4, 0.5) is 0 Å². The van der Waals surface area contributed by atoms with Crippen LogP contribution >= 0.6 is 11.6 Å². The molecule has 17 heavy (non-hydrogen) atoms. The molecule has 0 spiro atoms. The molecule has 3 rings (SSSR count). The third-order valence-electron chi connectivity index (χ3n) is 3.91. The highest BCUT2D eigenvalue weighted by Gasteiger charge is 2.45. The Morgan fingerprint density at radius 1 is 1.53 bits per heavy atom. The minimum Gasteiger partial charge on any atom is -0.493 e. The van der Waals surface area contributed by atoms with E-state index >= 15 is 0 Å². The second-order valence-electron chi connectivity index (χ2n) is 4.83. The number of nitrogens with two attached hydrogens (primary N) is 1. The molecule has 1 aliphatic carbocycles. The highest BCUT2D eigenvalue weighted by atomic mass is 35.5. The smallest absolute Gasteiger partial charge is 0.165 e. The summed E-state index contributed by atoms with van der Waals surface area (Å²) in [6, 6.07) is 2.01. The van der Waals surface area contributed by atoms with E-state index in [0.29, 0.717) is 13.2 Å². The molecule has 3 nitrogen and oxygen atoms in total. The van der Waals surface area contributed by atoms with Gasteiger partial charge in [0.1, 0.15) is 0 Å². The Morgan fingerprint density at radius 2 is 2.29 bits per heavy atom. The van der Waals surface area contributed by atoms with E-state index in [1.165, 1.54) is 0 Å². The van der Waals surface area contributed by atoms with Crippen molar-refractivity contribution >= 4 is 11.6 Å². The molecule has 0 radical (unpaired) electrons. The molecule has 0 amide bonds. The Bertz CT molecular complexity index is 469. The van der Waals surface area contributed by atoms with Crippen LogP contribution in [0.25, 0.3) is 0 Å². The average Bonchev–Trinajstić information content (AvgIpc) is 2.98. The second-order valence-corrected chi connectivity index (χ2v) is 5.21. The van der Waals surface area contributed by atoms with Gasteiger partial charge >= 0.3 is 0 Å². The maximum atomic E-state index is 6.50. The zero-order valence-electron chi connectivity index (χ0n) is 9.88. The van der Waals surface area contributed by atoms with Crippen molar-refractivity contribution in [2.75, 3.05) is 20.3 Å². The van der Waals surface area contributed by atoms with Gasteiger partial charge in [0.15, 0.2) is 11.5 Å². The maximum Gasteiger partial charge on any atom is 0.165 e. The van der Waals surface area contributed by atoms with Gasteiger partial charge in [-0.3, -0.25) is 0 Å². The largest absolute Gasteiger partial charge is 0.493 e. The summed E-state index contributed by atoms with van der Waals surface area (Å²) >= 11 is 6.50. The molecule has 0 bridgehead atoms. The molecule has 4 heteroatoms. The van der Waals surface area contributed by atoms with Crippen LogP contribution in [-0.2, 0) is 11.8 Å². The van der Waals surface area contributed by atoms with Crippen molar-refractivity contribution in [3.8, 4) is 11.5 Å². The molecule has 0 unspecified atom stereocenters. The van der Waals surface area contributed by atoms with Gasteiger partial charge in [0.05, 0.1) is 18.7 Å². The zero-order valence-corrected chi connectivity index (χ0v) is 10.6. The lowest BCUT2D eigenvalue weighted by Gasteiger charge is -2.18. The van der Waals surface area contributed by atoms with Gasteiger partial charge in [-0.15, -0.1) is 0 Å². The van der Waals surface area contributed by atoms with E-state index in [1.807, 2.05) is 6.07 Å². The predicted molar refractivity (Wildman–Crippen MR) is 67.2 cm³/mol. The van der Waals surface area contributed by atoms with Gasteiger partial charge in [-0.1, -0.05) is 11.6 Å². The van der Waals surface area contributed by atoms with Crippen LogP contribution in [0.5, 0.6) is 11.5 Å². The molecule has 1 heterocycles. The van der Waals surface area contributed by atoms with E-state index in [0.717, 1.165) is 46.9 Å². The fraction of sp³-hybridized carbons (Fsp3) is 0.538. The average molecular weight is 254 g/mol. The molecule has 0 atom stereocenters. The minimum absolute atomic E-state index is 0.0853. The third-order valence-corrected chi connectivity index (χ3v) is 4.34. The Balaban J connectivity index is 2.17. The summed E-state index contributed by atoms with van der Waals surface area (Å²) < 4.78 is 11.0. The number of halogens is 1. The number of fused-ring (bicyclic) bond motifs is 1. The molecule has 0 saturated heterocycles. The summed E-state index contributed by atoms with van der Waals surface area (Å²) in [5.74, 6) is 1.60. The van der Waals surface area contributed by atoms with Crippen LogP contribution < -0.4 is 15.2 Å². The first kappa shape index (κ1) is 11.2. The molecule has 2 aliphatic rings. The summed E-state index contributed by atoms with van der Waals surface area (Å²) in [5, 5.41) is 0.834. The van der Waals surface area contributed by atoms with E-state index in [9.17, 15) is 0 Å². The SMILES string of the molecule is COc1cc(C2(CN)CC2)c(Cl)c2c1OCC2. The van der Waals surface area contributed by atoms with Gasteiger partial charge in [-0.05, 0) is 24.5 Å². The molecule has 1 fully saturated rings. The molecule has 1 aliphatic heterocycles. The summed E-state index contributed by atoms with van der Waals surface area (Å²) in [6.07, 6.45) is 3.09. The van der Waals surface area contributed by atoms with Gasteiger partial charge in [-0.25, -0.2) is 0 Å². The Labute approximate surface area is 106 Å². The van der Waals surface area contributed by atoms with Crippen LogP contribution in [0.1, 0.15) is 24.0 Å². The van der Waals surface area contributed by atoms with Crippen molar-refractivity contribution in [2.45, 2.75) is 24.7 Å². The van der Waals surface area contributed by atoms with Crippen LogP contribution in [0.3, 0.4) is 0 Å². The molecular formula is C13H16ClNO2. The molecular weight excluding hydrogens is 238 g/mol. The lowest BCUT2D eigenvalue weighted by Crippen LogP contribution is -2.20. The highest BCUT2D eigenvalue weighted by molar-refractivity contribution is 6.32. The third kappa shape index (κ3) is 1.53. The van der Waals surface area contributed by atoms with Gasteiger partial charge in [0, 0.05) is 23.9 Å². The monoisotopic (exact) mass is 253 g/mol. The number of rotatable bonds is 3. The van der Waals surface area contributed by atoms with E-state index < -0.39 is 0 Å². The van der Waals surface area contributed by atoms with Gasteiger partial charge in [-0.2, -0.15) is 0 Å². The van der Waals surface area contributed by atoms with Crippen molar-refractivity contribution < 1.29 is 9.47 Å². The Kier molecular flexibility index (Phi) is 2.49. The Hall–Kier alpha value is -0.930. The van der Waals surface area contributed by atoms with E-state index in [2.05, 4.69) is 0 Å². The van der Waals surface area contributed by atoms with Crippen LogP contribution in [0, 0.1) is 0 Å². The first-order valence-corrected chi connectivity index (χ1v) is 6.32. The molecule has 1 saturated carbocycles. The summed E-state index contributed by atoms with van der Waals surface area (Å²) in [6.45, 7) is 1.33. The summed E-state index contributed by atoms with van der Waals surface area (Å²) in [4.78, 5) is 0. The topological polar surface area (TPSA) is 44.5 Å². The predicted octanol–water partition coefficient (Wildman–Crippen LogP) is 2.27. The molecule has 1 aromatic carbocycles. The van der Waals surface area contributed by atoms with Crippen molar-refractivity contribution in [1.82, 2.24) is 0 Å². The normalized spacial score (nSPS) is 19.7. The number of ether oxygens (including phenoxy) is 2. The van der Waals surface area contributed by atoms with Crippen LogP contribution in [0.2, 0.25) is 5.02 Å². The lowest BCUT2D eigenvalue weighted by molar-refractivity contribution is 0.326. The van der Waals surface area contributed by atoms with E-state index in [1.54, 1.807) is 7.11 Å². The zero-order chi connectivity index (χ0) is 12.0. The molecule has 0 aromatic heterocycles. The van der Waals surface area contributed by atoms with Gasteiger partial charge < -0.3 is 15.2 Å². The van der Waals surface area contributed by atoms with Crippen molar-refractivity contribution in [3.05, 3.63) is 22.2 Å². The van der Waals surface area contributed by atoms with Gasteiger partial charge in [0.25, 0.3) is 0 Å². The van der Waals surface area contributed by atoms with Crippen LogP contribution in [-0.4, -0.2) is 20.3 Å². The van der Waals surface area contributed by atoms with Crippen molar-refractivity contribution in [3.63, 3.8) is 0 Å². The molecule has 2 N–H and O–H groups in total.